The van der Waals surface area contributed by atoms with Crippen molar-refractivity contribution in [2.45, 2.75) is 30.2 Å². The van der Waals surface area contributed by atoms with Gasteiger partial charge < -0.3 is 14.8 Å². The Kier molecular flexibility index (Phi) is 4.94. The average molecular weight is 455 g/mol. The minimum Gasteiger partial charge on any atom is -0.352 e. The van der Waals surface area contributed by atoms with Crippen LogP contribution < -0.4 is 4.90 Å². The maximum atomic E-state index is 13.3. The van der Waals surface area contributed by atoms with Crippen molar-refractivity contribution in [2.24, 2.45) is 0 Å². The van der Waals surface area contributed by atoms with Crippen molar-refractivity contribution in [3.8, 4) is 0 Å². The molecule has 2 aromatic heterocycles. The highest BCUT2D eigenvalue weighted by Crippen LogP contribution is 2.46. The first-order chi connectivity index (χ1) is 15.4. The minimum atomic E-state index is -3.53. The van der Waals surface area contributed by atoms with Gasteiger partial charge in [-0.2, -0.15) is 0 Å². The molecule has 1 amide bonds. The lowest BCUT2D eigenvalue weighted by Crippen LogP contribution is -2.57. The van der Waals surface area contributed by atoms with Gasteiger partial charge in [-0.1, -0.05) is 6.92 Å². The molecule has 1 aliphatic heterocycles. The van der Waals surface area contributed by atoms with E-state index < -0.39 is 10.0 Å². The molecule has 0 bridgehead atoms. The van der Waals surface area contributed by atoms with Crippen molar-refractivity contribution >= 4 is 32.8 Å². The van der Waals surface area contributed by atoms with Crippen molar-refractivity contribution < 1.29 is 13.2 Å². The molecule has 9 nitrogen and oxygen atoms in total. The van der Waals surface area contributed by atoms with Gasteiger partial charge >= 0.3 is 0 Å². The molecule has 2 aliphatic rings. The molecule has 3 heterocycles. The van der Waals surface area contributed by atoms with Crippen LogP contribution in [0.15, 0.2) is 47.8 Å². The third-order valence-corrected chi connectivity index (χ3v) is 8.56. The Morgan fingerprint density at radius 3 is 2.59 bits per heavy atom. The number of piperazine rings is 1. The van der Waals surface area contributed by atoms with Gasteiger partial charge in [0.15, 0.2) is 0 Å². The summed E-state index contributed by atoms with van der Waals surface area (Å²) in [7, 11) is -1.99. The van der Waals surface area contributed by atoms with Crippen LogP contribution in [0.2, 0.25) is 0 Å². The fourth-order valence-corrected chi connectivity index (χ4v) is 5.61. The number of amides is 1. The largest absolute Gasteiger partial charge is 0.352 e. The number of fused-ring (bicyclic) bond motifs is 1. The Morgan fingerprint density at radius 2 is 1.91 bits per heavy atom. The number of benzene rings is 1. The molecule has 1 N–H and O–H groups in total. The summed E-state index contributed by atoms with van der Waals surface area (Å²) < 4.78 is 26.3. The normalized spacial score (nSPS) is 18.0. The third kappa shape index (κ3) is 3.34. The summed E-state index contributed by atoms with van der Waals surface area (Å²) in [5.74, 6) is 0.841. The van der Waals surface area contributed by atoms with E-state index >= 15 is 0 Å². The Labute approximate surface area is 187 Å². The number of nitrogens with one attached hydrogen (secondary N) is 1. The van der Waals surface area contributed by atoms with Crippen LogP contribution in [0.1, 0.15) is 30.1 Å². The van der Waals surface area contributed by atoms with Crippen LogP contribution >= 0.6 is 0 Å². The second-order valence-electron chi connectivity index (χ2n) is 8.48. The second kappa shape index (κ2) is 7.56. The van der Waals surface area contributed by atoms with Gasteiger partial charge in [-0.3, -0.25) is 4.79 Å². The fourth-order valence-electron chi connectivity index (χ4n) is 4.43. The summed E-state index contributed by atoms with van der Waals surface area (Å²) >= 11 is 0. The van der Waals surface area contributed by atoms with Crippen molar-refractivity contribution in [1.82, 2.24) is 24.2 Å². The SMILES string of the molecule is CCN(C)S(=O)(=O)c1ccc(C(=O)N2CCN(c3ncnc4[nH]ccc34)CC23CC3)cc1. The molecule has 0 radical (unpaired) electrons. The predicted octanol–water partition coefficient (Wildman–Crippen LogP) is 2.09. The van der Waals surface area contributed by atoms with Crippen LogP contribution in [0, 0.1) is 0 Å². The lowest BCUT2D eigenvalue weighted by Gasteiger charge is -2.43. The first-order valence-electron chi connectivity index (χ1n) is 10.8. The van der Waals surface area contributed by atoms with E-state index in [1.54, 1.807) is 32.4 Å². The third-order valence-electron chi connectivity index (χ3n) is 6.61. The van der Waals surface area contributed by atoms with E-state index in [0.29, 0.717) is 25.2 Å². The van der Waals surface area contributed by atoms with Crippen LogP contribution in [-0.4, -0.2) is 77.2 Å². The topological polar surface area (TPSA) is 102 Å². The van der Waals surface area contributed by atoms with E-state index in [4.69, 9.17) is 0 Å². The number of carbonyl (C=O) groups is 1. The summed E-state index contributed by atoms with van der Waals surface area (Å²) in [5.41, 5.74) is 1.12. The lowest BCUT2D eigenvalue weighted by atomic mass is 10.1. The number of hydrogen-bond donors (Lipinski definition) is 1. The number of H-pyrrole nitrogens is 1. The quantitative estimate of drug-likeness (QED) is 0.633. The lowest BCUT2D eigenvalue weighted by molar-refractivity contribution is 0.0624. The van der Waals surface area contributed by atoms with Gasteiger partial charge in [0.05, 0.1) is 15.8 Å². The second-order valence-corrected chi connectivity index (χ2v) is 10.5. The monoisotopic (exact) mass is 454 g/mol. The first-order valence-corrected chi connectivity index (χ1v) is 12.2. The van der Waals surface area contributed by atoms with Gasteiger partial charge in [-0.15, -0.1) is 0 Å². The molecule has 5 rings (SSSR count). The van der Waals surface area contributed by atoms with E-state index in [1.807, 2.05) is 17.2 Å². The molecule has 1 aliphatic carbocycles. The average Bonchev–Trinajstić information content (AvgIpc) is 3.39. The van der Waals surface area contributed by atoms with Crippen LogP contribution in [-0.2, 0) is 10.0 Å². The molecule has 1 saturated heterocycles. The van der Waals surface area contributed by atoms with Gasteiger partial charge in [0.25, 0.3) is 5.91 Å². The van der Waals surface area contributed by atoms with Crippen molar-refractivity contribution in [1.29, 1.82) is 0 Å². The van der Waals surface area contributed by atoms with E-state index in [0.717, 1.165) is 36.2 Å². The first kappa shape index (κ1) is 20.9. The number of anilines is 1. The van der Waals surface area contributed by atoms with E-state index in [9.17, 15) is 13.2 Å². The van der Waals surface area contributed by atoms with Crippen molar-refractivity contribution in [3.05, 3.63) is 48.4 Å². The van der Waals surface area contributed by atoms with Gasteiger partial charge in [0.1, 0.15) is 17.8 Å². The number of aromatic amines is 1. The van der Waals surface area contributed by atoms with Crippen LogP contribution in [0.25, 0.3) is 11.0 Å². The molecule has 10 heteroatoms. The summed E-state index contributed by atoms with van der Waals surface area (Å²) in [4.78, 5) is 29.6. The summed E-state index contributed by atoms with van der Waals surface area (Å²) in [5, 5.41) is 0.983. The number of carbonyl (C=O) groups excluding carboxylic acids is 1. The molecule has 32 heavy (non-hydrogen) atoms. The van der Waals surface area contributed by atoms with E-state index in [-0.39, 0.29) is 16.3 Å². The maximum absolute atomic E-state index is 13.3. The molecule has 2 fully saturated rings. The highest BCUT2D eigenvalue weighted by molar-refractivity contribution is 7.89. The number of nitrogens with zero attached hydrogens (tertiary/aromatic N) is 5. The molecule has 0 atom stereocenters. The van der Waals surface area contributed by atoms with Gasteiger partial charge in [0.2, 0.25) is 10.0 Å². The highest BCUT2D eigenvalue weighted by atomic mass is 32.2. The fraction of sp³-hybridized carbons (Fsp3) is 0.409. The number of aromatic nitrogens is 3. The minimum absolute atomic E-state index is 0.0515. The predicted molar refractivity (Wildman–Crippen MR) is 121 cm³/mol. The Hall–Kier alpha value is -2.98. The van der Waals surface area contributed by atoms with Crippen molar-refractivity contribution in [3.63, 3.8) is 0 Å². The van der Waals surface area contributed by atoms with E-state index in [1.165, 1.54) is 16.4 Å². The molecular weight excluding hydrogens is 428 g/mol. The molecular formula is C22H26N6O3S. The summed E-state index contributed by atoms with van der Waals surface area (Å²) in [6.07, 6.45) is 5.32. The molecule has 168 valence electrons. The molecule has 1 spiro atoms. The zero-order valence-electron chi connectivity index (χ0n) is 18.2. The standard InChI is InChI=1S/C22H26N6O3S/c1-3-26(2)32(30,31)17-6-4-16(5-7-17)21(29)28-13-12-27(14-22(28)9-10-22)20-18-8-11-23-19(18)24-15-25-20/h4-8,11,15H,3,9-10,12-14H2,1-2H3,(H,23,24,25). The molecule has 0 unspecified atom stereocenters. The number of rotatable bonds is 5. The van der Waals surface area contributed by atoms with Gasteiger partial charge in [0, 0.05) is 45.0 Å². The van der Waals surface area contributed by atoms with Crippen LogP contribution in [0.5, 0.6) is 0 Å². The molecule has 1 aromatic carbocycles. The Bertz CT molecular complexity index is 1270. The molecule has 3 aromatic rings. The smallest absolute Gasteiger partial charge is 0.254 e. The number of hydrogen-bond acceptors (Lipinski definition) is 6. The Balaban J connectivity index is 1.35. The Morgan fingerprint density at radius 1 is 1.16 bits per heavy atom. The van der Waals surface area contributed by atoms with Gasteiger partial charge in [-0.25, -0.2) is 22.7 Å². The van der Waals surface area contributed by atoms with Crippen LogP contribution in [0.3, 0.4) is 0 Å². The van der Waals surface area contributed by atoms with Crippen LogP contribution in [0.4, 0.5) is 5.82 Å². The highest BCUT2D eigenvalue weighted by Gasteiger charge is 2.53. The summed E-state index contributed by atoms with van der Waals surface area (Å²) in [6, 6.07) is 8.26. The maximum Gasteiger partial charge on any atom is 0.254 e. The number of sulfonamides is 1. The van der Waals surface area contributed by atoms with Crippen molar-refractivity contribution in [2.75, 3.05) is 38.1 Å². The van der Waals surface area contributed by atoms with Gasteiger partial charge in [-0.05, 0) is 43.2 Å². The summed E-state index contributed by atoms with van der Waals surface area (Å²) in [6.45, 7) is 4.17. The van der Waals surface area contributed by atoms with E-state index in [2.05, 4.69) is 19.9 Å². The zero-order chi connectivity index (χ0) is 22.5. The zero-order valence-corrected chi connectivity index (χ0v) is 19.0. The molecule has 1 saturated carbocycles.